The number of rotatable bonds is 4. The van der Waals surface area contributed by atoms with Crippen molar-refractivity contribution in [3.8, 4) is 0 Å². The molecule has 0 radical (unpaired) electrons. The van der Waals surface area contributed by atoms with E-state index in [2.05, 4.69) is 4.98 Å². The van der Waals surface area contributed by atoms with E-state index in [1.807, 2.05) is 12.1 Å². The van der Waals surface area contributed by atoms with Gasteiger partial charge in [-0.3, -0.25) is 9.78 Å². The Hall–Kier alpha value is -1.74. The lowest BCUT2D eigenvalue weighted by atomic mass is 9.95. The Kier molecular flexibility index (Phi) is 4.05. The molecule has 0 amide bonds. The molecule has 0 bridgehead atoms. The van der Waals surface area contributed by atoms with Gasteiger partial charge in [0, 0.05) is 18.3 Å². The zero-order valence-electron chi connectivity index (χ0n) is 9.51. The molecule has 0 saturated heterocycles. The van der Waals surface area contributed by atoms with Gasteiger partial charge in [-0.15, -0.1) is 0 Å². The summed E-state index contributed by atoms with van der Waals surface area (Å²) < 4.78 is 12.8. The summed E-state index contributed by atoms with van der Waals surface area (Å²) in [6.07, 6.45) is 2.07. The molecule has 92 valence electrons. The number of pyridine rings is 1. The summed E-state index contributed by atoms with van der Waals surface area (Å²) in [5.41, 5.74) is 1.47. The SMILES string of the molecule is O=C(Cl)C(Cc1ccccn1)c1ccc(F)cc1. The number of benzene rings is 1. The second-order valence-corrected chi connectivity index (χ2v) is 4.31. The van der Waals surface area contributed by atoms with Crippen LogP contribution in [0.1, 0.15) is 17.2 Å². The quantitative estimate of drug-likeness (QED) is 0.792. The van der Waals surface area contributed by atoms with Gasteiger partial charge < -0.3 is 0 Å². The van der Waals surface area contributed by atoms with Crippen LogP contribution in [-0.2, 0) is 11.2 Å². The lowest BCUT2D eigenvalue weighted by molar-refractivity contribution is -0.113. The monoisotopic (exact) mass is 263 g/mol. The van der Waals surface area contributed by atoms with Gasteiger partial charge in [-0.1, -0.05) is 18.2 Å². The molecule has 0 spiro atoms. The molecule has 2 rings (SSSR count). The van der Waals surface area contributed by atoms with Crippen molar-refractivity contribution in [1.82, 2.24) is 4.98 Å². The minimum Gasteiger partial charge on any atom is -0.281 e. The van der Waals surface area contributed by atoms with Crippen molar-refractivity contribution < 1.29 is 9.18 Å². The lowest BCUT2D eigenvalue weighted by Gasteiger charge is -2.12. The van der Waals surface area contributed by atoms with Crippen LogP contribution in [0, 0.1) is 5.82 Å². The molecular formula is C14H11ClFNO. The van der Waals surface area contributed by atoms with Crippen LogP contribution in [0.25, 0.3) is 0 Å². The van der Waals surface area contributed by atoms with E-state index in [0.29, 0.717) is 12.0 Å². The third-order valence-corrected chi connectivity index (χ3v) is 2.95. The maximum atomic E-state index is 12.8. The van der Waals surface area contributed by atoms with Crippen molar-refractivity contribution in [2.75, 3.05) is 0 Å². The number of carbonyl (C=O) groups is 1. The van der Waals surface area contributed by atoms with Gasteiger partial charge in [0.15, 0.2) is 0 Å². The molecular weight excluding hydrogens is 253 g/mol. The van der Waals surface area contributed by atoms with Crippen LogP contribution >= 0.6 is 11.6 Å². The third kappa shape index (κ3) is 3.14. The highest BCUT2D eigenvalue weighted by atomic mass is 35.5. The number of aromatic nitrogens is 1. The molecule has 1 unspecified atom stereocenters. The van der Waals surface area contributed by atoms with Crippen LogP contribution < -0.4 is 0 Å². The van der Waals surface area contributed by atoms with E-state index in [1.165, 1.54) is 12.1 Å². The van der Waals surface area contributed by atoms with Gasteiger partial charge in [-0.05, 0) is 41.4 Å². The average molecular weight is 264 g/mol. The van der Waals surface area contributed by atoms with E-state index in [-0.39, 0.29) is 5.82 Å². The molecule has 1 atom stereocenters. The molecule has 2 nitrogen and oxygen atoms in total. The summed E-state index contributed by atoms with van der Waals surface area (Å²) in [5, 5.41) is -0.465. The highest BCUT2D eigenvalue weighted by Gasteiger charge is 2.19. The summed E-state index contributed by atoms with van der Waals surface area (Å²) in [7, 11) is 0. The molecule has 18 heavy (non-hydrogen) atoms. The summed E-state index contributed by atoms with van der Waals surface area (Å²) >= 11 is 5.61. The molecule has 1 aromatic carbocycles. The highest BCUT2D eigenvalue weighted by Crippen LogP contribution is 2.23. The maximum absolute atomic E-state index is 12.8. The van der Waals surface area contributed by atoms with Gasteiger partial charge in [0.25, 0.3) is 0 Å². The summed E-state index contributed by atoms with van der Waals surface area (Å²) in [4.78, 5) is 15.6. The van der Waals surface area contributed by atoms with Gasteiger partial charge in [-0.25, -0.2) is 4.39 Å². The average Bonchev–Trinajstić information content (AvgIpc) is 2.38. The van der Waals surface area contributed by atoms with Crippen molar-refractivity contribution in [2.24, 2.45) is 0 Å². The van der Waals surface area contributed by atoms with Crippen LogP contribution in [0.4, 0.5) is 4.39 Å². The normalized spacial score (nSPS) is 12.1. The van der Waals surface area contributed by atoms with Crippen LogP contribution in [0.3, 0.4) is 0 Å². The fourth-order valence-corrected chi connectivity index (χ4v) is 1.96. The van der Waals surface area contributed by atoms with E-state index in [4.69, 9.17) is 11.6 Å². The minimum atomic E-state index is -0.498. The van der Waals surface area contributed by atoms with Crippen LogP contribution in [0.2, 0.25) is 0 Å². The van der Waals surface area contributed by atoms with Crippen molar-refractivity contribution in [2.45, 2.75) is 12.3 Å². The molecule has 4 heteroatoms. The molecule has 0 fully saturated rings. The molecule has 0 aliphatic rings. The second-order valence-electron chi connectivity index (χ2n) is 3.93. The summed E-state index contributed by atoms with van der Waals surface area (Å²) in [6, 6.07) is 11.3. The van der Waals surface area contributed by atoms with Gasteiger partial charge in [0.2, 0.25) is 5.24 Å². The number of hydrogen-bond donors (Lipinski definition) is 0. The largest absolute Gasteiger partial charge is 0.281 e. The van der Waals surface area contributed by atoms with Crippen LogP contribution in [-0.4, -0.2) is 10.2 Å². The number of carbonyl (C=O) groups excluding carboxylic acids is 1. The van der Waals surface area contributed by atoms with Crippen LogP contribution in [0.15, 0.2) is 48.7 Å². The lowest BCUT2D eigenvalue weighted by Crippen LogP contribution is -2.11. The molecule has 0 aliphatic carbocycles. The van der Waals surface area contributed by atoms with Crippen LogP contribution in [0.5, 0.6) is 0 Å². The van der Waals surface area contributed by atoms with Gasteiger partial charge in [0.05, 0.1) is 5.92 Å². The molecule has 1 heterocycles. The molecule has 0 aliphatic heterocycles. The Bertz CT molecular complexity index is 527. The first-order valence-electron chi connectivity index (χ1n) is 5.51. The smallest absolute Gasteiger partial charge is 0.229 e. The van der Waals surface area contributed by atoms with Gasteiger partial charge >= 0.3 is 0 Å². The van der Waals surface area contributed by atoms with E-state index < -0.39 is 11.2 Å². The fraction of sp³-hybridized carbons (Fsp3) is 0.143. The van der Waals surface area contributed by atoms with Crippen molar-refractivity contribution >= 4 is 16.8 Å². The minimum absolute atomic E-state index is 0.336. The van der Waals surface area contributed by atoms with E-state index in [1.54, 1.807) is 24.4 Å². The third-order valence-electron chi connectivity index (χ3n) is 2.69. The Morgan fingerprint density at radius 3 is 2.50 bits per heavy atom. The number of nitrogens with zero attached hydrogens (tertiary/aromatic N) is 1. The Morgan fingerprint density at radius 1 is 1.22 bits per heavy atom. The Morgan fingerprint density at radius 2 is 1.94 bits per heavy atom. The fourth-order valence-electron chi connectivity index (χ4n) is 1.75. The summed E-state index contributed by atoms with van der Waals surface area (Å²) in [5.74, 6) is -0.834. The van der Waals surface area contributed by atoms with E-state index in [0.717, 1.165) is 5.69 Å². The highest BCUT2D eigenvalue weighted by molar-refractivity contribution is 6.64. The van der Waals surface area contributed by atoms with Gasteiger partial charge in [-0.2, -0.15) is 0 Å². The van der Waals surface area contributed by atoms with E-state index in [9.17, 15) is 9.18 Å². The molecule has 2 aromatic rings. The predicted octanol–water partition coefficient (Wildman–Crippen LogP) is 3.31. The summed E-state index contributed by atoms with van der Waals surface area (Å²) in [6.45, 7) is 0. The Balaban J connectivity index is 2.24. The van der Waals surface area contributed by atoms with E-state index >= 15 is 0 Å². The molecule has 0 saturated carbocycles. The second kappa shape index (κ2) is 5.74. The Labute approximate surface area is 109 Å². The molecule has 0 N–H and O–H groups in total. The van der Waals surface area contributed by atoms with Crippen molar-refractivity contribution in [3.05, 3.63) is 65.7 Å². The van der Waals surface area contributed by atoms with Crippen molar-refractivity contribution in [3.63, 3.8) is 0 Å². The first-order chi connectivity index (χ1) is 8.66. The first-order valence-corrected chi connectivity index (χ1v) is 5.89. The number of hydrogen-bond acceptors (Lipinski definition) is 2. The maximum Gasteiger partial charge on any atom is 0.229 e. The predicted molar refractivity (Wildman–Crippen MR) is 67.9 cm³/mol. The first kappa shape index (κ1) is 12.7. The molecule has 1 aromatic heterocycles. The number of halogens is 2. The van der Waals surface area contributed by atoms with Crippen molar-refractivity contribution in [1.29, 1.82) is 0 Å². The topological polar surface area (TPSA) is 30.0 Å². The standard InChI is InChI=1S/C14H11ClFNO/c15-14(18)13(9-12-3-1-2-8-17-12)10-4-6-11(16)7-5-10/h1-8,13H,9H2. The van der Waals surface area contributed by atoms with Gasteiger partial charge in [0.1, 0.15) is 5.82 Å². The zero-order chi connectivity index (χ0) is 13.0. The zero-order valence-corrected chi connectivity index (χ0v) is 10.3.